The Morgan fingerprint density at radius 1 is 1.56 bits per heavy atom. The lowest BCUT2D eigenvalue weighted by atomic mass is 10.0. The van der Waals surface area contributed by atoms with E-state index in [0.29, 0.717) is 6.07 Å². The van der Waals surface area contributed by atoms with Crippen molar-refractivity contribution in [1.82, 2.24) is 4.98 Å². The van der Waals surface area contributed by atoms with Gasteiger partial charge in [0.25, 0.3) is 6.43 Å². The van der Waals surface area contributed by atoms with E-state index in [-0.39, 0.29) is 17.8 Å². The molecule has 0 saturated heterocycles. The molecular formula is C9H9F3N2O2. The zero-order valence-electron chi connectivity index (χ0n) is 8.08. The maximum Gasteiger partial charge on any atom is 0.307 e. The number of nitrogens with zero attached hydrogens (tertiary/aromatic N) is 1. The topological polar surface area (TPSA) is 76.2 Å². The van der Waals surface area contributed by atoms with Gasteiger partial charge in [-0.3, -0.25) is 4.79 Å². The van der Waals surface area contributed by atoms with Crippen molar-refractivity contribution in [1.29, 1.82) is 0 Å². The van der Waals surface area contributed by atoms with E-state index in [1.165, 1.54) is 0 Å². The zero-order valence-corrected chi connectivity index (χ0v) is 8.08. The number of carboxylic acids is 1. The molecule has 0 radical (unpaired) electrons. The molecule has 0 aliphatic rings. The van der Waals surface area contributed by atoms with Crippen molar-refractivity contribution in [3.63, 3.8) is 0 Å². The lowest BCUT2D eigenvalue weighted by Gasteiger charge is -2.11. The summed E-state index contributed by atoms with van der Waals surface area (Å²) in [6, 6.07) is 0.689. The standard InChI is InChI=1S/C9H9F3N2O2/c10-6-1-4(2-7(15)16)8(9(11)12)5(3-13)14-6/h1,9H,2-3,13H2,(H,15,16). The van der Waals surface area contributed by atoms with E-state index in [0.717, 1.165) is 0 Å². The fourth-order valence-corrected chi connectivity index (χ4v) is 1.36. The van der Waals surface area contributed by atoms with Crippen molar-refractivity contribution in [2.45, 2.75) is 19.4 Å². The summed E-state index contributed by atoms with van der Waals surface area (Å²) in [6.45, 7) is -0.371. The highest BCUT2D eigenvalue weighted by atomic mass is 19.3. The second kappa shape index (κ2) is 4.93. The molecule has 0 spiro atoms. The van der Waals surface area contributed by atoms with Crippen LogP contribution in [0.15, 0.2) is 6.07 Å². The van der Waals surface area contributed by atoms with Crippen LogP contribution < -0.4 is 5.73 Å². The highest BCUT2D eigenvalue weighted by Gasteiger charge is 2.21. The molecule has 0 bridgehead atoms. The first-order valence-corrected chi connectivity index (χ1v) is 4.34. The first-order chi connectivity index (χ1) is 7.45. The lowest BCUT2D eigenvalue weighted by Crippen LogP contribution is -2.12. The second-order valence-electron chi connectivity index (χ2n) is 3.04. The molecule has 0 aromatic carbocycles. The number of carboxylic acid groups (broad SMARTS) is 1. The van der Waals surface area contributed by atoms with Gasteiger partial charge in [0.15, 0.2) is 0 Å². The summed E-state index contributed by atoms with van der Waals surface area (Å²) >= 11 is 0. The van der Waals surface area contributed by atoms with Crippen LogP contribution in [0.2, 0.25) is 0 Å². The highest BCUT2D eigenvalue weighted by Crippen LogP contribution is 2.26. The molecule has 7 heteroatoms. The van der Waals surface area contributed by atoms with Gasteiger partial charge in [-0.1, -0.05) is 0 Å². The van der Waals surface area contributed by atoms with Gasteiger partial charge in [-0.2, -0.15) is 4.39 Å². The van der Waals surface area contributed by atoms with Crippen LogP contribution in [0.4, 0.5) is 13.2 Å². The smallest absolute Gasteiger partial charge is 0.307 e. The molecule has 0 atom stereocenters. The van der Waals surface area contributed by atoms with Crippen LogP contribution in [0.25, 0.3) is 0 Å². The number of alkyl halides is 2. The van der Waals surface area contributed by atoms with Crippen LogP contribution in [-0.4, -0.2) is 16.1 Å². The van der Waals surface area contributed by atoms with Crippen LogP contribution >= 0.6 is 0 Å². The number of halogens is 3. The van der Waals surface area contributed by atoms with Crippen LogP contribution in [-0.2, 0) is 17.8 Å². The van der Waals surface area contributed by atoms with Gasteiger partial charge in [-0.15, -0.1) is 0 Å². The van der Waals surface area contributed by atoms with Crippen LogP contribution in [0.5, 0.6) is 0 Å². The molecule has 4 nitrogen and oxygen atoms in total. The molecule has 1 aromatic heterocycles. The predicted octanol–water partition coefficient (Wildman–Crippen LogP) is 1.24. The summed E-state index contributed by atoms with van der Waals surface area (Å²) in [4.78, 5) is 13.7. The number of carbonyl (C=O) groups is 1. The van der Waals surface area contributed by atoms with E-state index in [2.05, 4.69) is 4.98 Å². The lowest BCUT2D eigenvalue weighted by molar-refractivity contribution is -0.136. The quantitative estimate of drug-likeness (QED) is 0.768. The van der Waals surface area contributed by atoms with E-state index < -0.39 is 30.3 Å². The summed E-state index contributed by atoms with van der Waals surface area (Å²) in [5, 5.41) is 8.51. The number of hydrogen-bond acceptors (Lipinski definition) is 3. The Morgan fingerprint density at radius 3 is 2.62 bits per heavy atom. The Labute approximate surface area is 88.9 Å². The molecule has 1 aromatic rings. The first kappa shape index (κ1) is 12.4. The molecule has 0 unspecified atom stereocenters. The Bertz CT molecular complexity index is 410. The summed E-state index contributed by atoms with van der Waals surface area (Å²) in [7, 11) is 0. The van der Waals surface area contributed by atoms with Gasteiger partial charge in [0.05, 0.1) is 12.1 Å². The molecular weight excluding hydrogens is 225 g/mol. The van der Waals surface area contributed by atoms with Gasteiger partial charge in [0.1, 0.15) is 0 Å². The van der Waals surface area contributed by atoms with Crippen molar-refractivity contribution in [3.05, 3.63) is 28.8 Å². The number of rotatable bonds is 4. The molecule has 3 N–H and O–H groups in total. The van der Waals surface area contributed by atoms with Gasteiger partial charge in [-0.05, 0) is 11.6 Å². The third kappa shape index (κ3) is 2.69. The minimum absolute atomic E-state index is 0.296. The summed E-state index contributed by atoms with van der Waals surface area (Å²) in [5.41, 5.74) is 3.95. The first-order valence-electron chi connectivity index (χ1n) is 4.34. The molecule has 0 fully saturated rings. The van der Waals surface area contributed by atoms with E-state index in [4.69, 9.17) is 10.8 Å². The fourth-order valence-electron chi connectivity index (χ4n) is 1.36. The maximum atomic E-state index is 12.9. The number of nitrogens with two attached hydrogens (primary N) is 1. The van der Waals surface area contributed by atoms with Gasteiger partial charge in [0.2, 0.25) is 5.95 Å². The van der Waals surface area contributed by atoms with Gasteiger partial charge in [-0.25, -0.2) is 13.8 Å². The van der Waals surface area contributed by atoms with Crippen molar-refractivity contribution < 1.29 is 23.1 Å². The predicted molar refractivity (Wildman–Crippen MR) is 48.4 cm³/mol. The van der Waals surface area contributed by atoms with E-state index >= 15 is 0 Å². The van der Waals surface area contributed by atoms with E-state index in [1.807, 2.05) is 0 Å². The van der Waals surface area contributed by atoms with Crippen LogP contribution in [0.3, 0.4) is 0 Å². The van der Waals surface area contributed by atoms with Crippen molar-refractivity contribution in [2.75, 3.05) is 0 Å². The summed E-state index contributed by atoms with van der Waals surface area (Å²) < 4.78 is 38.2. The largest absolute Gasteiger partial charge is 0.481 e. The number of pyridine rings is 1. The molecule has 88 valence electrons. The fraction of sp³-hybridized carbons (Fsp3) is 0.333. The Kier molecular flexibility index (Phi) is 3.83. The average molecular weight is 234 g/mol. The van der Waals surface area contributed by atoms with Gasteiger partial charge < -0.3 is 10.8 Å². The normalized spacial score (nSPS) is 10.8. The average Bonchev–Trinajstić information content (AvgIpc) is 2.14. The Morgan fingerprint density at radius 2 is 2.19 bits per heavy atom. The molecule has 0 amide bonds. The van der Waals surface area contributed by atoms with Gasteiger partial charge in [0, 0.05) is 12.1 Å². The third-order valence-corrected chi connectivity index (χ3v) is 1.95. The summed E-state index contributed by atoms with van der Waals surface area (Å²) in [6.07, 6.45) is -3.62. The summed E-state index contributed by atoms with van der Waals surface area (Å²) in [5.74, 6) is -2.34. The molecule has 0 aliphatic carbocycles. The van der Waals surface area contributed by atoms with Crippen LogP contribution in [0.1, 0.15) is 23.2 Å². The molecule has 0 saturated carbocycles. The SMILES string of the molecule is NCc1nc(F)cc(CC(=O)O)c1C(F)F. The Balaban J connectivity index is 3.32. The van der Waals surface area contributed by atoms with E-state index in [9.17, 15) is 18.0 Å². The minimum Gasteiger partial charge on any atom is -0.481 e. The third-order valence-electron chi connectivity index (χ3n) is 1.95. The molecule has 16 heavy (non-hydrogen) atoms. The van der Waals surface area contributed by atoms with Crippen molar-refractivity contribution in [3.8, 4) is 0 Å². The van der Waals surface area contributed by atoms with E-state index in [1.54, 1.807) is 0 Å². The monoisotopic (exact) mass is 234 g/mol. The number of aromatic nitrogens is 1. The number of hydrogen-bond donors (Lipinski definition) is 2. The zero-order chi connectivity index (χ0) is 12.3. The second-order valence-corrected chi connectivity index (χ2v) is 3.04. The van der Waals surface area contributed by atoms with Gasteiger partial charge >= 0.3 is 5.97 Å². The Hall–Kier alpha value is -1.63. The molecule has 1 heterocycles. The minimum atomic E-state index is -2.93. The van der Waals surface area contributed by atoms with Crippen LogP contribution in [0, 0.1) is 5.95 Å². The number of aliphatic carboxylic acids is 1. The maximum absolute atomic E-state index is 12.9. The van der Waals surface area contributed by atoms with Crippen molar-refractivity contribution in [2.24, 2.45) is 5.73 Å². The molecule has 1 rings (SSSR count). The van der Waals surface area contributed by atoms with Crippen molar-refractivity contribution >= 4 is 5.97 Å². The molecule has 0 aliphatic heterocycles. The highest BCUT2D eigenvalue weighted by molar-refractivity contribution is 5.70.